The molecule has 0 spiro atoms. The van der Waals surface area contributed by atoms with E-state index in [1.54, 1.807) is 0 Å². The van der Waals surface area contributed by atoms with Crippen molar-refractivity contribution >= 4 is 5.91 Å². The van der Waals surface area contributed by atoms with Crippen molar-refractivity contribution in [3.63, 3.8) is 0 Å². The first-order chi connectivity index (χ1) is 8.59. The summed E-state index contributed by atoms with van der Waals surface area (Å²) in [7, 11) is 0. The van der Waals surface area contributed by atoms with E-state index < -0.39 is 5.60 Å². The zero-order valence-electron chi connectivity index (χ0n) is 13.3. The molecule has 2 atom stereocenters. The Morgan fingerprint density at radius 3 is 2.53 bits per heavy atom. The number of carbonyl (C=O) groups is 1. The molecule has 19 heavy (non-hydrogen) atoms. The van der Waals surface area contributed by atoms with Gasteiger partial charge in [0.2, 0.25) is 5.91 Å². The van der Waals surface area contributed by atoms with Crippen molar-refractivity contribution in [3.8, 4) is 0 Å². The highest BCUT2D eigenvalue weighted by atomic mass is 16.3. The zero-order valence-corrected chi connectivity index (χ0v) is 13.3. The van der Waals surface area contributed by atoms with E-state index in [1.807, 2.05) is 11.8 Å². The van der Waals surface area contributed by atoms with E-state index in [0.29, 0.717) is 25.3 Å². The minimum atomic E-state index is -0.591. The van der Waals surface area contributed by atoms with E-state index in [4.69, 9.17) is 0 Å². The average Bonchev–Trinajstić information content (AvgIpc) is 2.36. The van der Waals surface area contributed by atoms with Crippen molar-refractivity contribution < 1.29 is 9.90 Å². The summed E-state index contributed by atoms with van der Waals surface area (Å²) in [6.07, 6.45) is 4.12. The van der Waals surface area contributed by atoms with Crippen LogP contribution in [0.2, 0.25) is 0 Å². The van der Waals surface area contributed by atoms with E-state index in [1.165, 1.54) is 0 Å². The fourth-order valence-electron chi connectivity index (χ4n) is 3.06. The van der Waals surface area contributed by atoms with Gasteiger partial charge in [-0.15, -0.1) is 0 Å². The quantitative estimate of drug-likeness (QED) is 0.854. The molecule has 1 fully saturated rings. The molecule has 0 aliphatic carbocycles. The highest BCUT2D eigenvalue weighted by molar-refractivity contribution is 5.76. The Kier molecular flexibility index (Phi) is 5.43. The van der Waals surface area contributed by atoms with E-state index >= 15 is 0 Å². The lowest BCUT2D eigenvalue weighted by molar-refractivity contribution is -0.132. The fraction of sp³-hybridized carbons (Fsp3) is 0.938. The van der Waals surface area contributed by atoms with Gasteiger partial charge < -0.3 is 10.0 Å². The van der Waals surface area contributed by atoms with Gasteiger partial charge in [-0.25, -0.2) is 0 Å². The van der Waals surface area contributed by atoms with Crippen LogP contribution in [-0.2, 0) is 4.79 Å². The Bertz CT molecular complexity index is 304. The molecule has 3 nitrogen and oxygen atoms in total. The Balaban J connectivity index is 2.45. The van der Waals surface area contributed by atoms with Crippen LogP contribution in [0.5, 0.6) is 0 Å². The molecule has 112 valence electrons. The molecule has 3 heteroatoms. The molecule has 1 aliphatic heterocycles. The first-order valence-corrected chi connectivity index (χ1v) is 7.59. The molecular formula is C16H31NO2. The van der Waals surface area contributed by atoms with E-state index in [2.05, 4.69) is 27.7 Å². The second kappa shape index (κ2) is 6.25. The lowest BCUT2D eigenvalue weighted by Gasteiger charge is -2.26. The zero-order chi connectivity index (χ0) is 14.7. The number of hydrogen-bond acceptors (Lipinski definition) is 2. The lowest BCUT2D eigenvalue weighted by Crippen LogP contribution is -2.34. The molecule has 0 bridgehead atoms. The van der Waals surface area contributed by atoms with Crippen molar-refractivity contribution in [2.45, 2.75) is 72.3 Å². The third-order valence-corrected chi connectivity index (χ3v) is 3.90. The smallest absolute Gasteiger partial charge is 0.222 e. The molecule has 0 radical (unpaired) electrons. The molecule has 1 amide bonds. The van der Waals surface area contributed by atoms with Crippen molar-refractivity contribution in [2.24, 2.45) is 11.3 Å². The molecule has 1 N–H and O–H groups in total. The predicted molar refractivity (Wildman–Crippen MR) is 78.9 cm³/mol. The first kappa shape index (κ1) is 16.5. The van der Waals surface area contributed by atoms with Gasteiger partial charge in [0.15, 0.2) is 0 Å². The summed E-state index contributed by atoms with van der Waals surface area (Å²) >= 11 is 0. The van der Waals surface area contributed by atoms with Crippen LogP contribution in [0, 0.1) is 11.3 Å². The van der Waals surface area contributed by atoms with Crippen molar-refractivity contribution in [1.29, 1.82) is 0 Å². The van der Waals surface area contributed by atoms with Gasteiger partial charge in [0.05, 0.1) is 5.60 Å². The second-order valence-electron chi connectivity index (χ2n) is 7.81. The lowest BCUT2D eigenvalue weighted by atomic mass is 9.84. The van der Waals surface area contributed by atoms with Gasteiger partial charge >= 0.3 is 0 Å². The van der Waals surface area contributed by atoms with E-state index in [-0.39, 0.29) is 11.3 Å². The molecule has 0 aromatic rings. The Morgan fingerprint density at radius 2 is 1.95 bits per heavy atom. The summed E-state index contributed by atoms with van der Waals surface area (Å²) in [5.74, 6) is 0.686. The largest absolute Gasteiger partial charge is 0.390 e. The number of aliphatic hydroxyl groups is 1. The second-order valence-corrected chi connectivity index (χ2v) is 7.81. The number of likely N-dealkylation sites (tertiary alicyclic amines) is 1. The maximum atomic E-state index is 12.3. The van der Waals surface area contributed by atoms with Crippen LogP contribution in [0.25, 0.3) is 0 Å². The monoisotopic (exact) mass is 269 g/mol. The third-order valence-electron chi connectivity index (χ3n) is 3.90. The van der Waals surface area contributed by atoms with Gasteiger partial charge in [0.1, 0.15) is 0 Å². The van der Waals surface area contributed by atoms with Crippen molar-refractivity contribution in [3.05, 3.63) is 0 Å². The molecule has 0 aromatic carbocycles. The number of nitrogens with zero attached hydrogens (tertiary/aromatic N) is 1. The van der Waals surface area contributed by atoms with Crippen molar-refractivity contribution in [1.82, 2.24) is 4.90 Å². The van der Waals surface area contributed by atoms with Crippen LogP contribution in [-0.4, -0.2) is 34.6 Å². The Labute approximate surface area is 118 Å². The molecule has 0 aromatic heterocycles. The van der Waals surface area contributed by atoms with Crippen LogP contribution in [0.4, 0.5) is 0 Å². The van der Waals surface area contributed by atoms with Crippen molar-refractivity contribution in [2.75, 3.05) is 13.1 Å². The van der Waals surface area contributed by atoms with Crippen LogP contribution in [0.15, 0.2) is 0 Å². The van der Waals surface area contributed by atoms with Gasteiger partial charge in [0.25, 0.3) is 0 Å². The molecule has 0 saturated carbocycles. The summed E-state index contributed by atoms with van der Waals surface area (Å²) in [5.41, 5.74) is -0.311. The number of hydrogen-bond donors (Lipinski definition) is 1. The number of rotatable bonds is 3. The standard InChI is InChI=1S/C16H31NO2/c1-13(12-15(2,3)4)11-14(18)17-9-6-7-16(5,19)8-10-17/h13,19H,6-12H2,1-5H3. The van der Waals surface area contributed by atoms with Crippen LogP contribution in [0.1, 0.15) is 66.7 Å². The summed E-state index contributed by atoms with van der Waals surface area (Å²) < 4.78 is 0. The summed E-state index contributed by atoms with van der Waals surface area (Å²) in [4.78, 5) is 14.2. The molecule has 2 unspecified atom stereocenters. The fourth-order valence-corrected chi connectivity index (χ4v) is 3.06. The highest BCUT2D eigenvalue weighted by Gasteiger charge is 2.28. The number of carbonyl (C=O) groups excluding carboxylic acids is 1. The SMILES string of the molecule is CC(CC(=O)N1CCCC(C)(O)CC1)CC(C)(C)C. The molecule has 1 rings (SSSR count). The van der Waals surface area contributed by atoms with Gasteiger partial charge in [-0.05, 0) is 43.9 Å². The maximum Gasteiger partial charge on any atom is 0.222 e. The number of amides is 1. The first-order valence-electron chi connectivity index (χ1n) is 7.59. The van der Waals surface area contributed by atoms with E-state index in [9.17, 15) is 9.90 Å². The summed E-state index contributed by atoms with van der Waals surface area (Å²) in [5, 5.41) is 10.1. The summed E-state index contributed by atoms with van der Waals surface area (Å²) in [6.45, 7) is 12.2. The predicted octanol–water partition coefficient (Wildman–Crippen LogP) is 3.21. The van der Waals surface area contributed by atoms with Gasteiger partial charge in [-0.2, -0.15) is 0 Å². The summed E-state index contributed by atoms with van der Waals surface area (Å²) in [6, 6.07) is 0. The third kappa shape index (κ3) is 6.42. The van der Waals surface area contributed by atoms with Gasteiger partial charge in [-0.3, -0.25) is 4.79 Å². The Hall–Kier alpha value is -0.570. The minimum Gasteiger partial charge on any atom is -0.390 e. The normalized spacial score (nSPS) is 26.9. The maximum absolute atomic E-state index is 12.3. The molecule has 1 saturated heterocycles. The van der Waals surface area contributed by atoms with Crippen LogP contribution >= 0.6 is 0 Å². The van der Waals surface area contributed by atoms with Crippen LogP contribution in [0.3, 0.4) is 0 Å². The minimum absolute atomic E-state index is 0.259. The molecular weight excluding hydrogens is 238 g/mol. The Morgan fingerprint density at radius 1 is 1.32 bits per heavy atom. The highest BCUT2D eigenvalue weighted by Crippen LogP contribution is 2.27. The average molecular weight is 269 g/mol. The van der Waals surface area contributed by atoms with E-state index in [0.717, 1.165) is 25.8 Å². The van der Waals surface area contributed by atoms with Gasteiger partial charge in [0, 0.05) is 19.5 Å². The van der Waals surface area contributed by atoms with Gasteiger partial charge in [-0.1, -0.05) is 27.7 Å². The molecule has 1 aliphatic rings. The topological polar surface area (TPSA) is 40.5 Å². The molecule has 1 heterocycles. The van der Waals surface area contributed by atoms with Crippen LogP contribution < -0.4 is 0 Å².